The van der Waals surface area contributed by atoms with E-state index in [4.69, 9.17) is 4.74 Å². The van der Waals surface area contributed by atoms with Gasteiger partial charge in [0, 0.05) is 26.2 Å². The minimum absolute atomic E-state index is 0.201. The van der Waals surface area contributed by atoms with Crippen LogP contribution >= 0.6 is 0 Å². The number of hydrogen-bond acceptors (Lipinski definition) is 4. The number of unbranched alkanes of at least 4 members (excludes halogenated alkanes) is 5. The molecule has 1 aliphatic rings. The smallest absolute Gasteiger partial charge is 0.217 e. The van der Waals surface area contributed by atoms with Crippen molar-refractivity contribution in [2.24, 2.45) is 0 Å². The van der Waals surface area contributed by atoms with Crippen molar-refractivity contribution >= 4 is 10.0 Å². The first-order valence-electron chi connectivity index (χ1n) is 8.78. The molecular formula is C16H34N2O3S. The molecule has 0 amide bonds. The topological polar surface area (TPSA) is 58.6 Å². The average molecular weight is 335 g/mol. The first kappa shape index (κ1) is 19.9. The maximum Gasteiger partial charge on any atom is 0.217 e. The molecule has 1 N–H and O–H groups in total. The van der Waals surface area contributed by atoms with Crippen molar-refractivity contribution in [1.82, 2.24) is 9.62 Å². The number of rotatable bonds is 13. The Kier molecular flexibility index (Phi) is 9.55. The summed E-state index contributed by atoms with van der Waals surface area (Å²) in [6.07, 6.45) is 7.07. The van der Waals surface area contributed by atoms with Crippen LogP contribution in [0.1, 0.15) is 59.3 Å². The summed E-state index contributed by atoms with van der Waals surface area (Å²) >= 11 is 0. The number of nitrogens with one attached hydrogen (secondary N) is 1. The van der Waals surface area contributed by atoms with E-state index in [1.807, 2.05) is 0 Å². The summed E-state index contributed by atoms with van der Waals surface area (Å²) in [5.41, 5.74) is 0. The number of nitrogens with zero attached hydrogens (tertiary/aromatic N) is 1. The van der Waals surface area contributed by atoms with Gasteiger partial charge in [-0.2, -0.15) is 0 Å². The molecule has 5 nitrogen and oxygen atoms in total. The largest absolute Gasteiger partial charge is 0.379 e. The van der Waals surface area contributed by atoms with Crippen LogP contribution in [0.4, 0.5) is 0 Å². The SMILES string of the molecule is CCN1CC(S(=O)(=O)NCCCCCCCCOC(C)C)C1. The van der Waals surface area contributed by atoms with E-state index in [1.54, 1.807) is 0 Å². The third kappa shape index (κ3) is 7.90. The lowest BCUT2D eigenvalue weighted by Gasteiger charge is -2.37. The number of sulfonamides is 1. The summed E-state index contributed by atoms with van der Waals surface area (Å²) in [5.74, 6) is 0. The predicted octanol–water partition coefficient (Wildman–Crippen LogP) is 2.38. The second-order valence-electron chi connectivity index (χ2n) is 6.45. The van der Waals surface area contributed by atoms with Crippen molar-refractivity contribution in [3.63, 3.8) is 0 Å². The Hall–Kier alpha value is -0.170. The van der Waals surface area contributed by atoms with E-state index >= 15 is 0 Å². The summed E-state index contributed by atoms with van der Waals surface area (Å²) in [7, 11) is -3.09. The Morgan fingerprint density at radius 1 is 1.09 bits per heavy atom. The Morgan fingerprint density at radius 3 is 2.27 bits per heavy atom. The highest BCUT2D eigenvalue weighted by molar-refractivity contribution is 7.90. The Bertz CT molecular complexity index is 379. The molecule has 0 aromatic carbocycles. The molecule has 22 heavy (non-hydrogen) atoms. The van der Waals surface area contributed by atoms with Crippen LogP contribution in [0.2, 0.25) is 0 Å². The zero-order chi connectivity index (χ0) is 16.4. The van der Waals surface area contributed by atoms with Crippen LogP contribution in [0.5, 0.6) is 0 Å². The summed E-state index contributed by atoms with van der Waals surface area (Å²) < 4.78 is 32.2. The lowest BCUT2D eigenvalue weighted by atomic mass is 10.1. The molecule has 132 valence electrons. The van der Waals surface area contributed by atoms with Gasteiger partial charge in [-0.1, -0.05) is 32.6 Å². The normalized spacial score (nSPS) is 17.1. The van der Waals surface area contributed by atoms with Crippen molar-refractivity contribution < 1.29 is 13.2 Å². The van der Waals surface area contributed by atoms with Crippen LogP contribution in [-0.2, 0) is 14.8 Å². The van der Waals surface area contributed by atoms with Gasteiger partial charge in [0.2, 0.25) is 10.0 Å². The Morgan fingerprint density at radius 2 is 1.68 bits per heavy atom. The molecule has 1 heterocycles. The van der Waals surface area contributed by atoms with Crippen LogP contribution in [0.25, 0.3) is 0 Å². The zero-order valence-corrected chi connectivity index (χ0v) is 15.3. The van der Waals surface area contributed by atoms with Gasteiger partial charge in [-0.25, -0.2) is 13.1 Å². The maximum absolute atomic E-state index is 12.0. The molecule has 0 aliphatic carbocycles. The van der Waals surface area contributed by atoms with Gasteiger partial charge >= 0.3 is 0 Å². The van der Waals surface area contributed by atoms with E-state index in [2.05, 4.69) is 30.4 Å². The standard InChI is InChI=1S/C16H34N2O3S/c1-4-18-13-16(14-18)22(19,20)17-11-9-7-5-6-8-10-12-21-15(2)3/h15-17H,4-14H2,1-3H3. The van der Waals surface area contributed by atoms with Crippen molar-refractivity contribution in [1.29, 1.82) is 0 Å². The highest BCUT2D eigenvalue weighted by Crippen LogP contribution is 2.14. The third-order valence-corrected chi connectivity index (χ3v) is 5.92. The van der Waals surface area contributed by atoms with E-state index in [0.717, 1.165) is 32.4 Å². The second-order valence-corrected chi connectivity index (χ2v) is 8.50. The van der Waals surface area contributed by atoms with Crippen molar-refractivity contribution in [3.05, 3.63) is 0 Å². The second kappa shape index (κ2) is 10.6. The third-order valence-electron chi connectivity index (χ3n) is 4.14. The van der Waals surface area contributed by atoms with E-state index in [-0.39, 0.29) is 5.25 Å². The van der Waals surface area contributed by atoms with Crippen molar-refractivity contribution in [2.45, 2.75) is 70.7 Å². The fraction of sp³-hybridized carbons (Fsp3) is 1.00. The van der Waals surface area contributed by atoms with Crippen LogP contribution in [-0.4, -0.2) is 57.5 Å². The van der Waals surface area contributed by atoms with E-state index < -0.39 is 10.0 Å². The predicted molar refractivity (Wildman–Crippen MR) is 91.6 cm³/mol. The Labute approximate surface area is 136 Å². The molecule has 0 atom stereocenters. The van der Waals surface area contributed by atoms with Gasteiger partial charge in [-0.3, -0.25) is 0 Å². The van der Waals surface area contributed by atoms with Gasteiger partial charge in [0.05, 0.1) is 6.10 Å². The quantitative estimate of drug-likeness (QED) is 0.525. The Balaban J connectivity index is 1.91. The highest BCUT2D eigenvalue weighted by Gasteiger charge is 2.35. The minimum Gasteiger partial charge on any atom is -0.379 e. The molecule has 0 bridgehead atoms. The summed E-state index contributed by atoms with van der Waals surface area (Å²) in [5, 5.41) is -0.201. The number of hydrogen-bond donors (Lipinski definition) is 1. The monoisotopic (exact) mass is 334 g/mol. The molecule has 1 rings (SSSR count). The molecule has 1 saturated heterocycles. The van der Waals surface area contributed by atoms with Gasteiger partial charge in [-0.05, 0) is 33.2 Å². The molecule has 0 spiro atoms. The van der Waals surface area contributed by atoms with Gasteiger partial charge in [0.1, 0.15) is 5.25 Å². The summed E-state index contributed by atoms with van der Waals surface area (Å²) in [6.45, 7) is 9.93. The fourth-order valence-electron chi connectivity index (χ4n) is 2.56. The minimum atomic E-state index is -3.09. The van der Waals surface area contributed by atoms with Gasteiger partial charge in [-0.15, -0.1) is 0 Å². The lowest BCUT2D eigenvalue weighted by Crippen LogP contribution is -2.57. The molecular weight excluding hydrogens is 300 g/mol. The molecule has 1 aliphatic heterocycles. The van der Waals surface area contributed by atoms with Gasteiger partial charge in [0.15, 0.2) is 0 Å². The van der Waals surface area contributed by atoms with E-state index in [0.29, 0.717) is 25.7 Å². The maximum atomic E-state index is 12.0. The van der Waals surface area contributed by atoms with Gasteiger partial charge < -0.3 is 9.64 Å². The molecule has 1 fully saturated rings. The molecule has 6 heteroatoms. The van der Waals surface area contributed by atoms with E-state index in [1.165, 1.54) is 19.3 Å². The van der Waals surface area contributed by atoms with Crippen molar-refractivity contribution in [2.75, 3.05) is 32.8 Å². The molecule has 0 unspecified atom stereocenters. The van der Waals surface area contributed by atoms with Gasteiger partial charge in [0.25, 0.3) is 0 Å². The number of likely N-dealkylation sites (tertiary alicyclic amines) is 1. The van der Waals surface area contributed by atoms with Crippen LogP contribution in [0.3, 0.4) is 0 Å². The highest BCUT2D eigenvalue weighted by atomic mass is 32.2. The summed E-state index contributed by atoms with van der Waals surface area (Å²) in [4.78, 5) is 2.15. The van der Waals surface area contributed by atoms with Crippen LogP contribution in [0, 0.1) is 0 Å². The van der Waals surface area contributed by atoms with Crippen LogP contribution < -0.4 is 4.72 Å². The molecule has 0 radical (unpaired) electrons. The number of ether oxygens (including phenoxy) is 1. The molecule has 0 aromatic heterocycles. The fourth-order valence-corrected chi connectivity index (χ4v) is 4.04. The van der Waals surface area contributed by atoms with Crippen LogP contribution in [0.15, 0.2) is 0 Å². The lowest BCUT2D eigenvalue weighted by molar-refractivity contribution is 0.0757. The first-order valence-corrected chi connectivity index (χ1v) is 10.3. The first-order chi connectivity index (χ1) is 10.5. The zero-order valence-electron chi connectivity index (χ0n) is 14.5. The molecule has 0 saturated carbocycles. The molecule has 0 aromatic rings. The summed E-state index contributed by atoms with van der Waals surface area (Å²) in [6, 6.07) is 0. The van der Waals surface area contributed by atoms with E-state index in [9.17, 15) is 8.42 Å². The average Bonchev–Trinajstić information content (AvgIpc) is 2.39. The van der Waals surface area contributed by atoms with Crippen molar-refractivity contribution in [3.8, 4) is 0 Å².